The number of halogens is 5. The molecule has 1 atom stereocenters. The molecule has 0 saturated heterocycles. The molecule has 0 aromatic heterocycles. The SMILES string of the molecule is OCC(O)CNc1c(Cl)ccc(C(F)(F)F)c1Cl. The summed E-state index contributed by atoms with van der Waals surface area (Å²) in [7, 11) is 0. The number of alkyl halides is 3. The summed E-state index contributed by atoms with van der Waals surface area (Å²) in [6.07, 6.45) is -5.71. The molecule has 3 N–H and O–H groups in total. The van der Waals surface area contributed by atoms with E-state index in [4.69, 9.17) is 33.4 Å². The van der Waals surface area contributed by atoms with Crippen molar-refractivity contribution in [2.45, 2.75) is 12.3 Å². The minimum absolute atomic E-state index is 0.00172. The lowest BCUT2D eigenvalue weighted by Crippen LogP contribution is -2.23. The fourth-order valence-corrected chi connectivity index (χ4v) is 1.83. The molecule has 0 aliphatic rings. The van der Waals surface area contributed by atoms with Crippen molar-refractivity contribution in [3.8, 4) is 0 Å². The summed E-state index contributed by atoms with van der Waals surface area (Å²) < 4.78 is 37.7. The summed E-state index contributed by atoms with van der Waals surface area (Å²) in [5, 5.41) is 19.6. The summed E-state index contributed by atoms with van der Waals surface area (Å²) >= 11 is 11.3. The fraction of sp³-hybridized carbons (Fsp3) is 0.400. The fourth-order valence-electron chi connectivity index (χ4n) is 1.22. The third-order valence-electron chi connectivity index (χ3n) is 2.12. The number of hydrogen-bond donors (Lipinski definition) is 3. The molecular formula is C10H10Cl2F3NO2. The van der Waals surface area contributed by atoms with Gasteiger partial charge in [-0.3, -0.25) is 0 Å². The van der Waals surface area contributed by atoms with E-state index in [2.05, 4.69) is 5.32 Å². The monoisotopic (exact) mass is 303 g/mol. The van der Waals surface area contributed by atoms with E-state index in [-0.39, 0.29) is 17.3 Å². The standard InChI is InChI=1S/C10H10Cl2F3NO2/c11-7-2-1-6(10(13,14)15)8(12)9(7)16-3-5(18)4-17/h1-2,5,16-18H,3-4H2. The molecule has 1 aromatic rings. The van der Waals surface area contributed by atoms with Crippen molar-refractivity contribution < 1.29 is 23.4 Å². The first-order valence-corrected chi connectivity index (χ1v) is 5.61. The maximum Gasteiger partial charge on any atom is 0.417 e. The van der Waals surface area contributed by atoms with Crippen LogP contribution in [0.15, 0.2) is 12.1 Å². The molecule has 0 bridgehead atoms. The van der Waals surface area contributed by atoms with Gasteiger partial charge < -0.3 is 15.5 Å². The number of nitrogens with one attached hydrogen (secondary N) is 1. The first kappa shape index (κ1) is 15.4. The van der Waals surface area contributed by atoms with Gasteiger partial charge in [-0.2, -0.15) is 13.2 Å². The van der Waals surface area contributed by atoms with E-state index in [1.807, 2.05) is 0 Å². The number of aliphatic hydroxyl groups is 2. The number of benzene rings is 1. The van der Waals surface area contributed by atoms with Crippen LogP contribution in [0, 0.1) is 0 Å². The number of aliphatic hydroxyl groups excluding tert-OH is 2. The number of hydrogen-bond acceptors (Lipinski definition) is 3. The van der Waals surface area contributed by atoms with Gasteiger partial charge in [0, 0.05) is 6.54 Å². The van der Waals surface area contributed by atoms with Crippen LogP contribution in [0.1, 0.15) is 5.56 Å². The molecule has 1 unspecified atom stereocenters. The summed E-state index contributed by atoms with van der Waals surface area (Å²) in [5.74, 6) is 0. The molecule has 1 aromatic carbocycles. The zero-order chi connectivity index (χ0) is 13.9. The van der Waals surface area contributed by atoms with Crippen LogP contribution >= 0.6 is 23.2 Å². The molecule has 0 fully saturated rings. The largest absolute Gasteiger partial charge is 0.417 e. The second-order valence-electron chi connectivity index (χ2n) is 3.50. The molecule has 0 aliphatic heterocycles. The zero-order valence-electron chi connectivity index (χ0n) is 8.93. The van der Waals surface area contributed by atoms with E-state index in [0.717, 1.165) is 12.1 Å². The van der Waals surface area contributed by atoms with Gasteiger partial charge in [-0.05, 0) is 12.1 Å². The maximum absolute atomic E-state index is 12.6. The molecule has 0 saturated carbocycles. The zero-order valence-corrected chi connectivity index (χ0v) is 10.4. The number of rotatable bonds is 4. The van der Waals surface area contributed by atoms with Crippen LogP contribution in [0.2, 0.25) is 10.0 Å². The third kappa shape index (κ3) is 3.65. The topological polar surface area (TPSA) is 52.5 Å². The molecule has 0 heterocycles. The lowest BCUT2D eigenvalue weighted by molar-refractivity contribution is -0.137. The molecule has 0 radical (unpaired) electrons. The smallest absolute Gasteiger partial charge is 0.394 e. The van der Waals surface area contributed by atoms with Crippen molar-refractivity contribution >= 4 is 28.9 Å². The van der Waals surface area contributed by atoms with Gasteiger partial charge in [0.2, 0.25) is 0 Å². The molecule has 0 amide bonds. The Kier molecular flexibility index (Phi) is 5.10. The van der Waals surface area contributed by atoms with E-state index < -0.39 is 29.5 Å². The molecule has 8 heteroatoms. The lowest BCUT2D eigenvalue weighted by Gasteiger charge is -2.16. The van der Waals surface area contributed by atoms with Gasteiger partial charge in [-0.1, -0.05) is 23.2 Å². The predicted molar refractivity (Wildman–Crippen MR) is 63.0 cm³/mol. The Hall–Kier alpha value is -0.690. The van der Waals surface area contributed by atoms with Crippen molar-refractivity contribution in [3.63, 3.8) is 0 Å². The van der Waals surface area contributed by atoms with Gasteiger partial charge in [0.25, 0.3) is 0 Å². The van der Waals surface area contributed by atoms with Crippen LogP contribution in [0.25, 0.3) is 0 Å². The Labute approximate surface area is 111 Å². The highest BCUT2D eigenvalue weighted by atomic mass is 35.5. The summed E-state index contributed by atoms with van der Waals surface area (Å²) in [6.45, 7) is -0.696. The van der Waals surface area contributed by atoms with E-state index >= 15 is 0 Å². The maximum atomic E-state index is 12.6. The minimum atomic E-state index is -4.59. The number of anilines is 1. The first-order valence-electron chi connectivity index (χ1n) is 4.85. The van der Waals surface area contributed by atoms with Crippen molar-refractivity contribution in [3.05, 3.63) is 27.7 Å². The Balaban J connectivity index is 3.04. The van der Waals surface area contributed by atoms with E-state index in [1.165, 1.54) is 0 Å². The van der Waals surface area contributed by atoms with Gasteiger partial charge in [0.1, 0.15) is 0 Å². The van der Waals surface area contributed by atoms with E-state index in [9.17, 15) is 13.2 Å². The van der Waals surface area contributed by atoms with Gasteiger partial charge in [-0.15, -0.1) is 0 Å². The van der Waals surface area contributed by atoms with Crippen LogP contribution in [0.4, 0.5) is 18.9 Å². The van der Waals surface area contributed by atoms with Crippen LogP contribution in [0.3, 0.4) is 0 Å². The van der Waals surface area contributed by atoms with Crippen molar-refractivity contribution in [1.82, 2.24) is 0 Å². The summed E-state index contributed by atoms with van der Waals surface area (Å²) in [4.78, 5) is 0. The third-order valence-corrected chi connectivity index (χ3v) is 2.83. The van der Waals surface area contributed by atoms with Crippen molar-refractivity contribution in [2.75, 3.05) is 18.5 Å². The Bertz CT molecular complexity index is 426. The van der Waals surface area contributed by atoms with Gasteiger partial charge in [-0.25, -0.2) is 0 Å². The Morgan fingerprint density at radius 2 is 1.89 bits per heavy atom. The van der Waals surface area contributed by atoms with Gasteiger partial charge in [0.15, 0.2) is 0 Å². The highest BCUT2D eigenvalue weighted by Crippen LogP contribution is 2.41. The average molecular weight is 304 g/mol. The van der Waals surface area contributed by atoms with Gasteiger partial charge in [0.05, 0.1) is 34.0 Å². The second kappa shape index (κ2) is 5.97. The van der Waals surface area contributed by atoms with Crippen LogP contribution in [0.5, 0.6) is 0 Å². The molecule has 102 valence electrons. The highest BCUT2D eigenvalue weighted by molar-refractivity contribution is 6.39. The summed E-state index contributed by atoms with van der Waals surface area (Å²) in [6, 6.07) is 1.84. The molecule has 0 spiro atoms. The molecule has 1 rings (SSSR count). The highest BCUT2D eigenvalue weighted by Gasteiger charge is 2.34. The van der Waals surface area contributed by atoms with Crippen molar-refractivity contribution in [2.24, 2.45) is 0 Å². The van der Waals surface area contributed by atoms with Gasteiger partial charge >= 0.3 is 6.18 Å². The van der Waals surface area contributed by atoms with Crippen molar-refractivity contribution in [1.29, 1.82) is 0 Å². The minimum Gasteiger partial charge on any atom is -0.394 e. The quantitative estimate of drug-likeness (QED) is 0.802. The lowest BCUT2D eigenvalue weighted by atomic mass is 10.2. The van der Waals surface area contributed by atoms with Crippen LogP contribution in [-0.2, 0) is 6.18 Å². The van der Waals surface area contributed by atoms with E-state index in [0.29, 0.717) is 0 Å². The average Bonchev–Trinajstić information content (AvgIpc) is 2.26. The normalized spacial score (nSPS) is 13.5. The van der Waals surface area contributed by atoms with Crippen LogP contribution in [-0.4, -0.2) is 29.5 Å². The van der Waals surface area contributed by atoms with Crippen LogP contribution < -0.4 is 5.32 Å². The Morgan fingerprint density at radius 3 is 2.39 bits per heavy atom. The molecule has 3 nitrogen and oxygen atoms in total. The molecule has 0 aliphatic carbocycles. The Morgan fingerprint density at radius 1 is 1.28 bits per heavy atom. The van der Waals surface area contributed by atoms with E-state index in [1.54, 1.807) is 0 Å². The molecule has 18 heavy (non-hydrogen) atoms. The molecular weight excluding hydrogens is 294 g/mol. The predicted octanol–water partition coefficient (Wildman–Crippen LogP) is 2.78. The summed E-state index contributed by atoms with van der Waals surface area (Å²) in [5.41, 5.74) is -1.14. The first-order chi connectivity index (χ1) is 8.27. The second-order valence-corrected chi connectivity index (χ2v) is 4.28.